The molecule has 0 aliphatic rings. The first-order chi connectivity index (χ1) is 14.8. The number of methoxy groups -OCH3 is 1. The first-order valence-electron chi connectivity index (χ1n) is 10.0. The number of Topliss-reactive ketones (excluding diaryl/α,β-unsaturated/α-hetero) is 1. The van der Waals surface area contributed by atoms with E-state index in [1.54, 1.807) is 49.6 Å². The maximum atomic E-state index is 13.6. The van der Waals surface area contributed by atoms with E-state index >= 15 is 0 Å². The van der Waals surface area contributed by atoms with Gasteiger partial charge in [0.2, 0.25) is 0 Å². The second-order valence-electron chi connectivity index (χ2n) is 7.20. The van der Waals surface area contributed by atoms with Crippen LogP contribution in [0.15, 0.2) is 40.3 Å². The molecule has 0 saturated heterocycles. The molecular weight excluding hydrogens is 416 g/mol. The number of esters is 1. The number of nitrogens with zero attached hydrogens (tertiary/aromatic N) is 2. The molecule has 0 aliphatic heterocycles. The van der Waals surface area contributed by atoms with Crippen LogP contribution >= 0.6 is 11.3 Å². The van der Waals surface area contributed by atoms with Crippen LogP contribution in [0.3, 0.4) is 0 Å². The lowest BCUT2D eigenvalue weighted by molar-refractivity contribution is 0.0585. The smallest absolute Gasteiger partial charge is 0.354 e. The van der Waals surface area contributed by atoms with E-state index < -0.39 is 12.0 Å². The number of carbonyl (C=O) groups excluding carboxylic acids is 3. The van der Waals surface area contributed by atoms with Crippen molar-refractivity contribution in [3.05, 3.63) is 69.1 Å². The fourth-order valence-electron chi connectivity index (χ4n) is 3.86. The van der Waals surface area contributed by atoms with Crippen LogP contribution in [0, 0.1) is 13.8 Å². The van der Waals surface area contributed by atoms with Gasteiger partial charge >= 0.3 is 5.97 Å². The molecule has 31 heavy (non-hydrogen) atoms. The summed E-state index contributed by atoms with van der Waals surface area (Å²) in [7, 11) is 1.32. The van der Waals surface area contributed by atoms with Gasteiger partial charge in [0.1, 0.15) is 11.5 Å². The highest BCUT2D eigenvalue weighted by atomic mass is 32.1. The van der Waals surface area contributed by atoms with Crippen LogP contribution in [-0.2, 0) is 17.8 Å². The molecule has 0 fully saturated rings. The van der Waals surface area contributed by atoms with Crippen molar-refractivity contribution in [3.63, 3.8) is 0 Å². The Kier molecular flexibility index (Phi) is 6.80. The monoisotopic (exact) mass is 442 g/mol. The van der Waals surface area contributed by atoms with E-state index in [2.05, 4.69) is 0 Å². The Morgan fingerprint density at radius 2 is 1.97 bits per heavy atom. The largest absolute Gasteiger partial charge is 0.467 e. The summed E-state index contributed by atoms with van der Waals surface area (Å²) in [6.07, 6.45) is 1.54. The van der Waals surface area contributed by atoms with Gasteiger partial charge in [-0.05, 0) is 56.8 Å². The maximum Gasteiger partial charge on any atom is 0.354 e. The van der Waals surface area contributed by atoms with Gasteiger partial charge in [-0.25, -0.2) is 4.79 Å². The third-order valence-electron chi connectivity index (χ3n) is 5.45. The van der Waals surface area contributed by atoms with Crippen molar-refractivity contribution in [1.82, 2.24) is 9.47 Å². The lowest BCUT2D eigenvalue weighted by atomic mass is 9.99. The molecule has 164 valence electrons. The molecule has 3 aromatic rings. The summed E-state index contributed by atoms with van der Waals surface area (Å²) in [6, 6.07) is 6.28. The van der Waals surface area contributed by atoms with Gasteiger partial charge in [-0.15, -0.1) is 11.3 Å². The number of rotatable bonds is 8. The van der Waals surface area contributed by atoms with Gasteiger partial charge in [-0.3, -0.25) is 9.59 Å². The standard InChI is InChI=1S/C23H26N2O5S/c1-6-24-15(3)19(14(2)20(24)23(28)29-5)21(26)16(4)25(13-17-9-7-11-30-17)22(27)18-10-8-12-31-18/h7-12,16H,6,13H2,1-5H3. The second-order valence-corrected chi connectivity index (χ2v) is 8.15. The molecule has 1 unspecified atom stereocenters. The molecule has 0 aliphatic carbocycles. The Labute approximate surface area is 185 Å². The fraction of sp³-hybridized carbons (Fsp3) is 0.348. The normalized spacial score (nSPS) is 11.9. The second kappa shape index (κ2) is 9.34. The van der Waals surface area contributed by atoms with E-state index in [4.69, 9.17) is 9.15 Å². The number of ketones is 1. The summed E-state index contributed by atoms with van der Waals surface area (Å²) >= 11 is 1.32. The van der Waals surface area contributed by atoms with Gasteiger partial charge in [0.25, 0.3) is 5.91 Å². The molecule has 8 heteroatoms. The SMILES string of the molecule is CCn1c(C)c(C(=O)C(C)N(Cc2ccco2)C(=O)c2cccs2)c(C)c1C(=O)OC. The zero-order chi connectivity index (χ0) is 22.7. The van der Waals surface area contributed by atoms with Crippen molar-refractivity contribution in [2.75, 3.05) is 7.11 Å². The van der Waals surface area contributed by atoms with Crippen molar-refractivity contribution < 1.29 is 23.5 Å². The number of aromatic nitrogens is 1. The van der Waals surface area contributed by atoms with Gasteiger partial charge in [-0.2, -0.15) is 0 Å². The summed E-state index contributed by atoms with van der Waals surface area (Å²) in [6.45, 7) is 7.83. The molecule has 0 N–H and O–H groups in total. The highest BCUT2D eigenvalue weighted by Crippen LogP contribution is 2.27. The minimum atomic E-state index is -0.768. The number of thiophene rings is 1. The Hall–Kier alpha value is -3.13. The third kappa shape index (κ3) is 4.20. The van der Waals surface area contributed by atoms with Crippen molar-refractivity contribution in [2.24, 2.45) is 0 Å². The molecule has 0 bridgehead atoms. The predicted molar refractivity (Wildman–Crippen MR) is 118 cm³/mol. The predicted octanol–water partition coefficient (Wildman–Crippen LogP) is 4.48. The molecule has 1 amide bonds. The first-order valence-corrected chi connectivity index (χ1v) is 10.9. The third-order valence-corrected chi connectivity index (χ3v) is 6.31. The van der Waals surface area contributed by atoms with Crippen LogP contribution < -0.4 is 0 Å². The van der Waals surface area contributed by atoms with Gasteiger partial charge in [0.15, 0.2) is 5.78 Å². The van der Waals surface area contributed by atoms with Crippen molar-refractivity contribution in [2.45, 2.75) is 46.8 Å². The zero-order valence-corrected chi connectivity index (χ0v) is 19.1. The Morgan fingerprint density at radius 1 is 1.23 bits per heavy atom. The number of amides is 1. The Bertz CT molecular complexity index is 1080. The van der Waals surface area contributed by atoms with Crippen LogP contribution in [0.4, 0.5) is 0 Å². The number of furan rings is 1. The fourth-order valence-corrected chi connectivity index (χ4v) is 4.54. The van der Waals surface area contributed by atoms with E-state index in [0.29, 0.717) is 39.7 Å². The van der Waals surface area contributed by atoms with Crippen molar-refractivity contribution >= 4 is 29.0 Å². The Morgan fingerprint density at radius 3 is 2.52 bits per heavy atom. The minimum absolute atomic E-state index is 0.160. The molecule has 0 saturated carbocycles. The van der Waals surface area contributed by atoms with E-state index in [0.717, 1.165) is 0 Å². The van der Waals surface area contributed by atoms with Crippen LogP contribution in [0.2, 0.25) is 0 Å². The maximum absolute atomic E-state index is 13.6. The van der Waals surface area contributed by atoms with Crippen molar-refractivity contribution in [3.8, 4) is 0 Å². The van der Waals surface area contributed by atoms with Crippen LogP contribution in [0.25, 0.3) is 0 Å². The lowest BCUT2D eigenvalue weighted by Gasteiger charge is -2.27. The molecule has 3 rings (SSSR count). The van der Waals surface area contributed by atoms with Crippen LogP contribution in [0.5, 0.6) is 0 Å². The van der Waals surface area contributed by atoms with Gasteiger partial charge in [0.05, 0.1) is 30.8 Å². The lowest BCUT2D eigenvalue weighted by Crippen LogP contribution is -2.42. The average Bonchev–Trinajstić information content (AvgIpc) is 3.51. The Balaban J connectivity index is 2.03. The highest BCUT2D eigenvalue weighted by Gasteiger charge is 2.33. The number of ether oxygens (including phenoxy) is 1. The van der Waals surface area contributed by atoms with E-state index in [1.807, 2.05) is 12.3 Å². The molecular formula is C23H26N2O5S. The van der Waals surface area contributed by atoms with Gasteiger partial charge in [-0.1, -0.05) is 6.07 Å². The quantitative estimate of drug-likeness (QED) is 0.379. The number of carbonyl (C=O) groups is 3. The van der Waals surface area contributed by atoms with E-state index in [1.165, 1.54) is 29.6 Å². The number of hydrogen-bond acceptors (Lipinski definition) is 6. The van der Waals surface area contributed by atoms with E-state index in [-0.39, 0.29) is 18.2 Å². The molecule has 7 nitrogen and oxygen atoms in total. The van der Waals surface area contributed by atoms with Gasteiger partial charge < -0.3 is 18.6 Å². The topological polar surface area (TPSA) is 81.8 Å². The van der Waals surface area contributed by atoms with Crippen molar-refractivity contribution in [1.29, 1.82) is 0 Å². The van der Waals surface area contributed by atoms with E-state index in [9.17, 15) is 14.4 Å². The minimum Gasteiger partial charge on any atom is -0.467 e. The molecule has 3 aromatic heterocycles. The molecule has 0 aromatic carbocycles. The van der Waals surface area contributed by atoms with Crippen LogP contribution in [0.1, 0.15) is 61.4 Å². The average molecular weight is 443 g/mol. The molecule has 1 atom stereocenters. The summed E-state index contributed by atoms with van der Waals surface area (Å²) in [5.74, 6) is -0.384. The summed E-state index contributed by atoms with van der Waals surface area (Å²) in [5, 5.41) is 1.82. The first kappa shape index (κ1) is 22.6. The zero-order valence-electron chi connectivity index (χ0n) is 18.3. The summed E-state index contributed by atoms with van der Waals surface area (Å²) in [4.78, 5) is 41.3. The van der Waals surface area contributed by atoms with Crippen LogP contribution in [-0.4, -0.2) is 40.3 Å². The molecule has 0 radical (unpaired) electrons. The molecule has 0 spiro atoms. The van der Waals surface area contributed by atoms with Gasteiger partial charge in [0, 0.05) is 17.8 Å². The number of hydrogen-bond donors (Lipinski definition) is 0. The molecule has 3 heterocycles. The summed E-state index contributed by atoms with van der Waals surface area (Å²) in [5.41, 5.74) is 2.04. The highest BCUT2D eigenvalue weighted by molar-refractivity contribution is 7.12. The summed E-state index contributed by atoms with van der Waals surface area (Å²) < 4.78 is 12.1.